The first kappa shape index (κ1) is 10.6. The van der Waals surface area contributed by atoms with Gasteiger partial charge in [0, 0.05) is 12.5 Å². The molecule has 0 spiro atoms. The quantitative estimate of drug-likeness (QED) is 0.696. The minimum atomic E-state index is 0.0536. The molecular formula is C13H15NO3. The number of hydrogen-bond donors (Lipinski definition) is 0. The van der Waals surface area contributed by atoms with Gasteiger partial charge in [-0.05, 0) is 25.1 Å². The van der Waals surface area contributed by atoms with Crippen molar-refractivity contribution < 1.29 is 14.3 Å². The fourth-order valence-electron chi connectivity index (χ4n) is 2.67. The number of methoxy groups -OCH3 is 1. The topological polar surface area (TPSA) is 42.1 Å². The van der Waals surface area contributed by atoms with Crippen molar-refractivity contribution in [1.82, 2.24) is 0 Å². The van der Waals surface area contributed by atoms with E-state index in [1.165, 1.54) is 0 Å². The molecule has 90 valence electrons. The summed E-state index contributed by atoms with van der Waals surface area (Å²) in [5, 5.41) is 0. The molecule has 0 radical (unpaired) electrons. The van der Waals surface area contributed by atoms with Gasteiger partial charge in [0.15, 0.2) is 0 Å². The zero-order valence-corrected chi connectivity index (χ0v) is 10.1. The van der Waals surface area contributed by atoms with Gasteiger partial charge in [-0.15, -0.1) is 0 Å². The van der Waals surface area contributed by atoms with Crippen LogP contribution in [0.25, 0.3) is 0 Å². The normalized spacial score (nSPS) is 29.4. The van der Waals surface area contributed by atoms with Gasteiger partial charge in [0.1, 0.15) is 18.0 Å². The predicted molar refractivity (Wildman–Crippen MR) is 63.2 cm³/mol. The summed E-state index contributed by atoms with van der Waals surface area (Å²) in [6.07, 6.45) is 0.268. The largest absolute Gasteiger partial charge is 0.497 e. The van der Waals surface area contributed by atoms with Crippen LogP contribution in [0.15, 0.2) is 18.2 Å². The van der Waals surface area contributed by atoms with Gasteiger partial charge in [-0.2, -0.15) is 0 Å². The number of epoxide rings is 1. The summed E-state index contributed by atoms with van der Waals surface area (Å²) < 4.78 is 10.9. The third-order valence-electron chi connectivity index (χ3n) is 3.55. The van der Waals surface area contributed by atoms with E-state index in [0.29, 0.717) is 0 Å². The van der Waals surface area contributed by atoms with E-state index in [-0.39, 0.29) is 24.2 Å². The Hall–Kier alpha value is -1.55. The first-order valence-electron chi connectivity index (χ1n) is 5.76. The molecule has 0 saturated carbocycles. The van der Waals surface area contributed by atoms with E-state index in [1.807, 2.05) is 30.0 Å². The van der Waals surface area contributed by atoms with Gasteiger partial charge in [-0.3, -0.25) is 4.79 Å². The van der Waals surface area contributed by atoms with Gasteiger partial charge >= 0.3 is 0 Å². The van der Waals surface area contributed by atoms with Crippen LogP contribution in [0, 0.1) is 0 Å². The minimum Gasteiger partial charge on any atom is -0.497 e. The van der Waals surface area contributed by atoms with E-state index < -0.39 is 0 Å². The summed E-state index contributed by atoms with van der Waals surface area (Å²) in [5.74, 6) is 0.855. The molecule has 4 heteroatoms. The maximum absolute atomic E-state index is 11.7. The van der Waals surface area contributed by atoms with Crippen LogP contribution in [0.1, 0.15) is 25.5 Å². The standard InChI is InChI=1S/C13H15NO3/c1-7-12-13(17-12)10-6-9(16-3)4-5-11(10)14(7)8(2)15/h4-7,12-13H,1-3H3/t7-,12+,13+/m1/s1. The summed E-state index contributed by atoms with van der Waals surface area (Å²) in [5.41, 5.74) is 2.01. The van der Waals surface area contributed by atoms with Gasteiger partial charge in [0.2, 0.25) is 5.91 Å². The molecular weight excluding hydrogens is 218 g/mol. The molecule has 1 aromatic rings. The van der Waals surface area contributed by atoms with Crippen molar-refractivity contribution in [2.45, 2.75) is 32.1 Å². The molecule has 2 heterocycles. The van der Waals surface area contributed by atoms with Crippen LogP contribution in [-0.4, -0.2) is 25.2 Å². The average Bonchev–Trinajstić information content (AvgIpc) is 3.09. The van der Waals surface area contributed by atoms with E-state index in [1.54, 1.807) is 14.0 Å². The summed E-state index contributed by atoms with van der Waals surface area (Å²) >= 11 is 0. The van der Waals surface area contributed by atoms with Gasteiger partial charge in [-0.1, -0.05) is 0 Å². The number of nitrogens with zero attached hydrogens (tertiary/aromatic N) is 1. The maximum Gasteiger partial charge on any atom is 0.224 e. The number of carbonyl (C=O) groups is 1. The number of hydrogen-bond acceptors (Lipinski definition) is 3. The van der Waals surface area contributed by atoms with E-state index >= 15 is 0 Å². The molecule has 4 nitrogen and oxygen atoms in total. The van der Waals surface area contributed by atoms with Gasteiger partial charge in [0.05, 0.1) is 18.8 Å². The zero-order valence-electron chi connectivity index (χ0n) is 10.1. The third-order valence-corrected chi connectivity index (χ3v) is 3.55. The van der Waals surface area contributed by atoms with E-state index in [9.17, 15) is 4.79 Å². The average molecular weight is 233 g/mol. The lowest BCUT2D eigenvalue weighted by atomic mass is 9.96. The molecule has 0 aromatic heterocycles. The molecule has 17 heavy (non-hydrogen) atoms. The first-order chi connectivity index (χ1) is 8.13. The minimum absolute atomic E-state index is 0.0536. The van der Waals surface area contributed by atoms with Gasteiger partial charge < -0.3 is 14.4 Å². The molecule has 0 N–H and O–H groups in total. The number of rotatable bonds is 1. The summed E-state index contributed by atoms with van der Waals surface area (Å²) in [6, 6.07) is 5.88. The molecule has 2 aliphatic heterocycles. The number of anilines is 1. The summed E-state index contributed by atoms with van der Waals surface area (Å²) in [7, 11) is 1.64. The van der Waals surface area contributed by atoms with Crippen molar-refractivity contribution in [3.05, 3.63) is 23.8 Å². The molecule has 1 amide bonds. The second-order valence-electron chi connectivity index (χ2n) is 4.58. The summed E-state index contributed by atoms with van der Waals surface area (Å²) in [6.45, 7) is 3.62. The van der Waals surface area contributed by atoms with Crippen molar-refractivity contribution in [3.8, 4) is 5.75 Å². The highest BCUT2D eigenvalue weighted by Gasteiger charge is 2.52. The predicted octanol–water partition coefficient (Wildman–Crippen LogP) is 1.89. The Bertz CT molecular complexity index is 486. The van der Waals surface area contributed by atoms with Crippen LogP contribution in [0.5, 0.6) is 5.75 Å². The Morgan fingerprint density at radius 2 is 2.24 bits per heavy atom. The van der Waals surface area contributed by atoms with Crippen molar-refractivity contribution in [1.29, 1.82) is 0 Å². The van der Waals surface area contributed by atoms with Crippen LogP contribution in [0.3, 0.4) is 0 Å². The van der Waals surface area contributed by atoms with E-state index in [4.69, 9.17) is 9.47 Å². The second kappa shape index (κ2) is 3.47. The summed E-state index contributed by atoms with van der Waals surface area (Å²) in [4.78, 5) is 13.5. The van der Waals surface area contributed by atoms with Gasteiger partial charge in [0.25, 0.3) is 0 Å². The Balaban J connectivity index is 2.11. The third kappa shape index (κ3) is 1.44. The second-order valence-corrected chi connectivity index (χ2v) is 4.58. The van der Waals surface area contributed by atoms with Crippen LogP contribution >= 0.6 is 0 Å². The Morgan fingerprint density at radius 1 is 1.47 bits per heavy atom. The van der Waals surface area contributed by atoms with Crippen molar-refractivity contribution in [3.63, 3.8) is 0 Å². The smallest absolute Gasteiger partial charge is 0.224 e. The van der Waals surface area contributed by atoms with E-state index in [2.05, 4.69) is 0 Å². The highest BCUT2D eigenvalue weighted by molar-refractivity contribution is 5.94. The lowest BCUT2D eigenvalue weighted by Crippen LogP contribution is -2.43. The number of ether oxygens (including phenoxy) is 2. The zero-order chi connectivity index (χ0) is 12.2. The van der Waals surface area contributed by atoms with Crippen molar-refractivity contribution >= 4 is 11.6 Å². The fourth-order valence-corrected chi connectivity index (χ4v) is 2.67. The lowest BCUT2D eigenvalue weighted by molar-refractivity contribution is -0.117. The highest BCUT2D eigenvalue weighted by Crippen LogP contribution is 2.51. The Morgan fingerprint density at radius 3 is 2.88 bits per heavy atom. The molecule has 1 saturated heterocycles. The molecule has 1 fully saturated rings. The molecule has 0 unspecified atom stereocenters. The van der Waals surface area contributed by atoms with Crippen LogP contribution in [-0.2, 0) is 9.53 Å². The number of benzene rings is 1. The molecule has 1 aromatic carbocycles. The van der Waals surface area contributed by atoms with Gasteiger partial charge in [-0.25, -0.2) is 0 Å². The number of amides is 1. The van der Waals surface area contributed by atoms with Crippen molar-refractivity contribution in [2.24, 2.45) is 0 Å². The fraction of sp³-hybridized carbons (Fsp3) is 0.462. The highest BCUT2D eigenvalue weighted by atomic mass is 16.6. The van der Waals surface area contributed by atoms with Crippen LogP contribution in [0.2, 0.25) is 0 Å². The molecule has 2 aliphatic rings. The maximum atomic E-state index is 11.7. The molecule has 3 atom stereocenters. The monoisotopic (exact) mass is 233 g/mol. The first-order valence-corrected chi connectivity index (χ1v) is 5.76. The van der Waals surface area contributed by atoms with Crippen LogP contribution in [0.4, 0.5) is 5.69 Å². The molecule has 0 bridgehead atoms. The number of fused-ring (bicyclic) bond motifs is 3. The molecule has 3 rings (SSSR count). The Labute approximate surface area is 100 Å². The number of carbonyl (C=O) groups excluding carboxylic acids is 1. The molecule has 0 aliphatic carbocycles. The van der Waals surface area contributed by atoms with E-state index in [0.717, 1.165) is 17.0 Å². The van der Waals surface area contributed by atoms with Crippen LogP contribution < -0.4 is 9.64 Å². The SMILES string of the molecule is COc1ccc2c(c1)[C@@H]1O[C@H]1[C@@H](C)N2C(C)=O. The Kier molecular flexibility index (Phi) is 2.16. The van der Waals surface area contributed by atoms with Crippen molar-refractivity contribution in [2.75, 3.05) is 12.0 Å². The lowest BCUT2D eigenvalue weighted by Gasteiger charge is -2.32.